The summed E-state index contributed by atoms with van der Waals surface area (Å²) >= 11 is 0. The first-order chi connectivity index (χ1) is 12.4. The number of hydrogen-bond donors (Lipinski definition) is 1. The highest BCUT2D eigenvalue weighted by Crippen LogP contribution is 2.32. The molecule has 10 heteroatoms. The predicted octanol–water partition coefficient (Wildman–Crippen LogP) is 1.51. The quantitative estimate of drug-likeness (QED) is 0.830. The van der Waals surface area contributed by atoms with E-state index in [0.717, 1.165) is 25.1 Å². The van der Waals surface area contributed by atoms with E-state index in [9.17, 15) is 18.3 Å². The Labute approximate surface area is 148 Å². The van der Waals surface area contributed by atoms with Gasteiger partial charge in [-0.05, 0) is 47.7 Å². The highest BCUT2D eigenvalue weighted by molar-refractivity contribution is 5.35. The molecule has 0 saturated carbocycles. The van der Waals surface area contributed by atoms with Crippen LogP contribution in [0.5, 0.6) is 0 Å². The van der Waals surface area contributed by atoms with Gasteiger partial charge in [0.1, 0.15) is 0 Å². The van der Waals surface area contributed by atoms with E-state index in [1.54, 1.807) is 7.11 Å². The largest absolute Gasteiger partial charge is 0.416 e. The van der Waals surface area contributed by atoms with Crippen LogP contribution in [-0.2, 0) is 17.5 Å². The number of halogens is 3. The minimum Gasteiger partial charge on any atom is -0.396 e. The third-order valence-electron chi connectivity index (χ3n) is 4.64. The average Bonchev–Trinajstić information content (AvgIpc) is 3.23. The molecule has 7 nitrogen and oxygen atoms in total. The number of likely N-dealkylation sites (tertiary alicyclic amines) is 1. The summed E-state index contributed by atoms with van der Waals surface area (Å²) in [4.78, 5) is 2.10. The van der Waals surface area contributed by atoms with Crippen LogP contribution in [0, 0.1) is 5.41 Å². The molecule has 0 radical (unpaired) electrons. The van der Waals surface area contributed by atoms with E-state index in [1.165, 1.54) is 16.8 Å². The van der Waals surface area contributed by atoms with Gasteiger partial charge in [-0.2, -0.15) is 17.9 Å². The maximum absolute atomic E-state index is 12.7. The van der Waals surface area contributed by atoms with Gasteiger partial charge in [0.2, 0.25) is 0 Å². The molecule has 0 aliphatic carbocycles. The number of ether oxygens (including phenoxy) is 1. The molecule has 1 unspecified atom stereocenters. The summed E-state index contributed by atoms with van der Waals surface area (Å²) in [5.41, 5.74) is -0.563. The van der Waals surface area contributed by atoms with E-state index in [-0.39, 0.29) is 12.0 Å². The Morgan fingerprint density at radius 1 is 1.27 bits per heavy atom. The van der Waals surface area contributed by atoms with Crippen molar-refractivity contribution < 1.29 is 23.0 Å². The molecule has 1 saturated heterocycles. The first kappa shape index (κ1) is 18.7. The van der Waals surface area contributed by atoms with Crippen molar-refractivity contribution in [2.45, 2.75) is 19.1 Å². The Balaban J connectivity index is 1.74. The SMILES string of the molecule is COCC1(CO)CCN(Cc2nnnn2-c2ccc(C(F)(F)F)cc2)C1. The molecule has 2 heterocycles. The second-order valence-electron chi connectivity index (χ2n) is 6.60. The van der Waals surface area contributed by atoms with Gasteiger partial charge in [-0.15, -0.1) is 5.10 Å². The maximum atomic E-state index is 12.7. The van der Waals surface area contributed by atoms with Crippen molar-refractivity contribution in [3.63, 3.8) is 0 Å². The Bertz CT molecular complexity index is 734. The standard InChI is InChI=1S/C16H20F3N5O2/c1-26-11-15(10-25)6-7-23(9-15)8-14-20-21-22-24(14)13-4-2-12(3-5-13)16(17,18)19/h2-5,25H,6-11H2,1H3. The van der Waals surface area contributed by atoms with Crippen LogP contribution in [0.25, 0.3) is 5.69 Å². The number of nitrogens with zero attached hydrogens (tertiary/aromatic N) is 5. The molecule has 1 aromatic heterocycles. The van der Waals surface area contributed by atoms with Crippen molar-refractivity contribution in [1.29, 1.82) is 0 Å². The summed E-state index contributed by atoms with van der Waals surface area (Å²) in [7, 11) is 1.60. The van der Waals surface area contributed by atoms with Gasteiger partial charge in [0.25, 0.3) is 0 Å². The van der Waals surface area contributed by atoms with E-state index in [1.807, 2.05) is 0 Å². The first-order valence-electron chi connectivity index (χ1n) is 8.14. The molecule has 0 spiro atoms. The lowest BCUT2D eigenvalue weighted by atomic mass is 9.89. The topological polar surface area (TPSA) is 76.3 Å². The van der Waals surface area contributed by atoms with Crippen LogP contribution in [0.4, 0.5) is 13.2 Å². The van der Waals surface area contributed by atoms with Gasteiger partial charge < -0.3 is 9.84 Å². The zero-order valence-corrected chi connectivity index (χ0v) is 14.3. The van der Waals surface area contributed by atoms with Crippen molar-refractivity contribution in [2.24, 2.45) is 5.41 Å². The number of benzene rings is 1. The maximum Gasteiger partial charge on any atom is 0.416 e. The molecule has 1 N–H and O–H groups in total. The minimum absolute atomic E-state index is 0.0290. The summed E-state index contributed by atoms with van der Waals surface area (Å²) in [5.74, 6) is 0.524. The Kier molecular flexibility index (Phi) is 5.26. The number of alkyl halides is 3. The molecule has 2 aromatic rings. The Morgan fingerprint density at radius 2 is 2.00 bits per heavy atom. The van der Waals surface area contributed by atoms with Crippen LogP contribution in [0.1, 0.15) is 17.8 Å². The molecule has 142 valence electrons. The fourth-order valence-corrected chi connectivity index (χ4v) is 3.26. The molecule has 0 bridgehead atoms. The molecule has 1 aliphatic rings. The first-order valence-corrected chi connectivity index (χ1v) is 8.14. The van der Waals surface area contributed by atoms with E-state index >= 15 is 0 Å². The molecule has 1 fully saturated rings. The van der Waals surface area contributed by atoms with Gasteiger partial charge in [0, 0.05) is 19.1 Å². The average molecular weight is 371 g/mol. The Morgan fingerprint density at radius 3 is 2.62 bits per heavy atom. The van der Waals surface area contributed by atoms with Gasteiger partial charge in [-0.25, -0.2) is 0 Å². The third kappa shape index (κ3) is 3.87. The summed E-state index contributed by atoms with van der Waals surface area (Å²) < 4.78 is 44.7. The second-order valence-corrected chi connectivity index (χ2v) is 6.60. The lowest BCUT2D eigenvalue weighted by molar-refractivity contribution is -0.137. The van der Waals surface area contributed by atoms with Crippen LogP contribution >= 0.6 is 0 Å². The van der Waals surface area contributed by atoms with E-state index in [2.05, 4.69) is 20.4 Å². The number of aromatic nitrogens is 4. The predicted molar refractivity (Wildman–Crippen MR) is 85.4 cm³/mol. The van der Waals surface area contributed by atoms with Crippen LogP contribution in [0.2, 0.25) is 0 Å². The van der Waals surface area contributed by atoms with Crippen LogP contribution in [-0.4, -0.2) is 63.6 Å². The van der Waals surface area contributed by atoms with Gasteiger partial charge in [-0.3, -0.25) is 4.90 Å². The number of hydrogen-bond acceptors (Lipinski definition) is 6. The van der Waals surface area contributed by atoms with Crippen molar-refractivity contribution in [1.82, 2.24) is 25.1 Å². The molecule has 3 rings (SSSR count). The molecule has 1 aliphatic heterocycles. The summed E-state index contributed by atoms with van der Waals surface area (Å²) in [5, 5.41) is 21.2. The van der Waals surface area contributed by atoms with Crippen molar-refractivity contribution in [3.8, 4) is 5.69 Å². The van der Waals surface area contributed by atoms with Gasteiger partial charge >= 0.3 is 6.18 Å². The number of tetrazole rings is 1. The lowest BCUT2D eigenvalue weighted by Gasteiger charge is -2.26. The zero-order chi connectivity index (χ0) is 18.8. The third-order valence-corrected chi connectivity index (χ3v) is 4.64. The number of rotatable bonds is 6. The highest BCUT2D eigenvalue weighted by Gasteiger charge is 2.38. The van der Waals surface area contributed by atoms with Crippen molar-refractivity contribution in [2.75, 3.05) is 33.4 Å². The summed E-state index contributed by atoms with van der Waals surface area (Å²) in [6, 6.07) is 4.70. The van der Waals surface area contributed by atoms with Gasteiger partial charge in [0.05, 0.1) is 31.0 Å². The zero-order valence-electron chi connectivity index (χ0n) is 14.3. The normalized spacial score (nSPS) is 21.4. The molecular weight excluding hydrogens is 351 g/mol. The molecule has 1 aromatic carbocycles. The van der Waals surface area contributed by atoms with Crippen LogP contribution in [0.15, 0.2) is 24.3 Å². The van der Waals surface area contributed by atoms with Crippen LogP contribution in [0.3, 0.4) is 0 Å². The molecule has 26 heavy (non-hydrogen) atoms. The second kappa shape index (κ2) is 7.29. The number of methoxy groups -OCH3 is 1. The molecular formula is C16H20F3N5O2. The van der Waals surface area contributed by atoms with Crippen molar-refractivity contribution in [3.05, 3.63) is 35.7 Å². The Hall–Kier alpha value is -2.04. The number of aliphatic hydroxyl groups is 1. The van der Waals surface area contributed by atoms with E-state index in [0.29, 0.717) is 31.2 Å². The monoisotopic (exact) mass is 371 g/mol. The fourth-order valence-electron chi connectivity index (χ4n) is 3.26. The highest BCUT2D eigenvalue weighted by atomic mass is 19.4. The number of aliphatic hydroxyl groups excluding tert-OH is 1. The van der Waals surface area contributed by atoms with E-state index < -0.39 is 11.7 Å². The van der Waals surface area contributed by atoms with Gasteiger partial charge in [-0.1, -0.05) is 0 Å². The summed E-state index contributed by atoms with van der Waals surface area (Å²) in [6.45, 7) is 2.31. The minimum atomic E-state index is -4.38. The molecule has 0 amide bonds. The fraction of sp³-hybridized carbons (Fsp3) is 0.562. The smallest absolute Gasteiger partial charge is 0.396 e. The van der Waals surface area contributed by atoms with Gasteiger partial charge in [0.15, 0.2) is 5.82 Å². The van der Waals surface area contributed by atoms with E-state index in [4.69, 9.17) is 4.74 Å². The van der Waals surface area contributed by atoms with Crippen LogP contribution < -0.4 is 0 Å². The lowest BCUT2D eigenvalue weighted by Crippen LogP contribution is -2.34. The van der Waals surface area contributed by atoms with Crippen molar-refractivity contribution >= 4 is 0 Å². The molecule has 1 atom stereocenters. The summed E-state index contributed by atoms with van der Waals surface area (Å²) in [6.07, 6.45) is -3.59.